The van der Waals surface area contributed by atoms with Crippen LogP contribution in [0.15, 0.2) is 18.2 Å². The lowest BCUT2D eigenvalue weighted by Gasteiger charge is -2.25. The van der Waals surface area contributed by atoms with Crippen molar-refractivity contribution in [2.24, 2.45) is 0 Å². The van der Waals surface area contributed by atoms with Crippen LogP contribution in [0.5, 0.6) is 0 Å². The number of fused-ring (bicyclic) bond motifs is 1. The van der Waals surface area contributed by atoms with Gasteiger partial charge in [-0.3, -0.25) is 9.59 Å². The van der Waals surface area contributed by atoms with Crippen LogP contribution in [0.25, 0.3) is 0 Å². The fraction of sp³-hybridized carbons (Fsp3) is 0.619. The van der Waals surface area contributed by atoms with Crippen LogP contribution in [-0.4, -0.2) is 46.6 Å². The number of nitrogens with zero attached hydrogens (tertiary/aromatic N) is 1. The first kappa shape index (κ1) is 17.5. The Kier molecular flexibility index (Phi) is 4.74. The SMILES string of the molecule is O=C(Cc1ccc2c(c1)CCC2)N1CCC[C@@H]1CCNC(=O)C1(O)CC1. The number of nitrogens with one attached hydrogen (secondary N) is 1. The lowest BCUT2D eigenvalue weighted by molar-refractivity contribution is -0.131. The van der Waals surface area contributed by atoms with Crippen molar-refractivity contribution < 1.29 is 14.7 Å². The van der Waals surface area contributed by atoms with Gasteiger partial charge < -0.3 is 15.3 Å². The number of amides is 2. The van der Waals surface area contributed by atoms with Gasteiger partial charge in [-0.25, -0.2) is 0 Å². The maximum absolute atomic E-state index is 12.8. The molecule has 1 aromatic rings. The highest BCUT2D eigenvalue weighted by Gasteiger charge is 2.47. The molecule has 140 valence electrons. The average Bonchev–Trinajstić information content (AvgIpc) is 3.03. The molecule has 0 spiro atoms. The fourth-order valence-electron chi connectivity index (χ4n) is 4.34. The van der Waals surface area contributed by atoms with Crippen molar-refractivity contribution in [1.29, 1.82) is 0 Å². The summed E-state index contributed by atoms with van der Waals surface area (Å²) in [5, 5.41) is 12.6. The highest BCUT2D eigenvalue weighted by molar-refractivity contribution is 5.87. The van der Waals surface area contributed by atoms with E-state index < -0.39 is 5.60 Å². The van der Waals surface area contributed by atoms with Crippen molar-refractivity contribution in [2.45, 2.75) is 69.4 Å². The third-order valence-electron chi connectivity index (χ3n) is 6.13. The van der Waals surface area contributed by atoms with Crippen LogP contribution in [0.1, 0.15) is 55.2 Å². The molecule has 26 heavy (non-hydrogen) atoms. The Bertz CT molecular complexity index is 711. The molecule has 1 atom stereocenters. The second kappa shape index (κ2) is 7.03. The van der Waals surface area contributed by atoms with E-state index in [4.69, 9.17) is 0 Å². The smallest absolute Gasteiger partial charge is 0.251 e. The molecular formula is C21H28N2O3. The van der Waals surface area contributed by atoms with Crippen molar-refractivity contribution in [3.63, 3.8) is 0 Å². The molecule has 3 aliphatic rings. The van der Waals surface area contributed by atoms with Gasteiger partial charge in [0.1, 0.15) is 5.60 Å². The van der Waals surface area contributed by atoms with E-state index in [9.17, 15) is 14.7 Å². The zero-order valence-corrected chi connectivity index (χ0v) is 15.3. The van der Waals surface area contributed by atoms with Gasteiger partial charge in [0.15, 0.2) is 0 Å². The van der Waals surface area contributed by atoms with E-state index in [-0.39, 0.29) is 17.9 Å². The first-order chi connectivity index (χ1) is 12.5. The number of hydrogen-bond acceptors (Lipinski definition) is 3. The monoisotopic (exact) mass is 356 g/mol. The molecule has 2 amide bonds. The lowest BCUT2D eigenvalue weighted by Crippen LogP contribution is -2.41. The Morgan fingerprint density at radius 2 is 2.00 bits per heavy atom. The van der Waals surface area contributed by atoms with Gasteiger partial charge in [0, 0.05) is 19.1 Å². The Morgan fingerprint density at radius 1 is 1.19 bits per heavy atom. The van der Waals surface area contributed by atoms with E-state index in [1.807, 2.05) is 4.90 Å². The number of likely N-dealkylation sites (tertiary alicyclic amines) is 1. The van der Waals surface area contributed by atoms with E-state index in [1.165, 1.54) is 24.0 Å². The second-order valence-electron chi connectivity index (χ2n) is 8.09. The quantitative estimate of drug-likeness (QED) is 0.816. The fourth-order valence-corrected chi connectivity index (χ4v) is 4.34. The van der Waals surface area contributed by atoms with E-state index in [1.54, 1.807) is 0 Å². The molecule has 5 heteroatoms. The Balaban J connectivity index is 1.29. The Morgan fingerprint density at radius 3 is 2.81 bits per heavy atom. The van der Waals surface area contributed by atoms with Crippen molar-refractivity contribution in [2.75, 3.05) is 13.1 Å². The zero-order chi connectivity index (χ0) is 18.1. The van der Waals surface area contributed by atoms with Gasteiger partial charge in [0.2, 0.25) is 5.91 Å². The van der Waals surface area contributed by atoms with Gasteiger partial charge in [-0.05, 0) is 68.1 Å². The number of aliphatic hydroxyl groups is 1. The van der Waals surface area contributed by atoms with Gasteiger partial charge in [-0.2, -0.15) is 0 Å². The third-order valence-corrected chi connectivity index (χ3v) is 6.13. The van der Waals surface area contributed by atoms with Crippen LogP contribution in [0.2, 0.25) is 0 Å². The van der Waals surface area contributed by atoms with Crippen LogP contribution in [0, 0.1) is 0 Å². The van der Waals surface area contributed by atoms with Crippen LogP contribution >= 0.6 is 0 Å². The van der Waals surface area contributed by atoms with Crippen LogP contribution in [0.4, 0.5) is 0 Å². The van der Waals surface area contributed by atoms with E-state index in [2.05, 4.69) is 23.5 Å². The predicted octanol–water partition coefficient (Wildman–Crippen LogP) is 1.74. The maximum Gasteiger partial charge on any atom is 0.251 e. The van der Waals surface area contributed by atoms with Crippen molar-refractivity contribution in [3.8, 4) is 0 Å². The number of carbonyl (C=O) groups is 2. The standard InChI is InChI=1S/C21H28N2O3/c24-19(14-15-6-7-16-3-1-4-17(16)13-15)23-12-2-5-18(23)8-11-22-20(25)21(26)9-10-21/h6-7,13,18,26H,1-5,8-12,14H2,(H,22,25)/t18-/m1/s1. The summed E-state index contributed by atoms with van der Waals surface area (Å²) >= 11 is 0. The van der Waals surface area contributed by atoms with Gasteiger partial charge in [-0.15, -0.1) is 0 Å². The number of carbonyl (C=O) groups excluding carboxylic acids is 2. The molecule has 1 aliphatic heterocycles. The third kappa shape index (κ3) is 3.63. The maximum atomic E-state index is 12.8. The number of rotatable bonds is 6. The molecule has 1 saturated heterocycles. The van der Waals surface area contributed by atoms with Crippen molar-refractivity contribution in [3.05, 3.63) is 34.9 Å². The first-order valence-corrected chi connectivity index (χ1v) is 9.96. The van der Waals surface area contributed by atoms with Crippen LogP contribution in [-0.2, 0) is 28.9 Å². The molecule has 0 radical (unpaired) electrons. The molecule has 1 saturated carbocycles. The number of hydrogen-bond donors (Lipinski definition) is 2. The van der Waals surface area contributed by atoms with Crippen LogP contribution < -0.4 is 5.32 Å². The first-order valence-electron chi connectivity index (χ1n) is 9.96. The minimum Gasteiger partial charge on any atom is -0.380 e. The van der Waals surface area contributed by atoms with E-state index >= 15 is 0 Å². The second-order valence-corrected chi connectivity index (χ2v) is 8.09. The molecule has 0 aromatic heterocycles. The molecule has 5 nitrogen and oxygen atoms in total. The van der Waals surface area contributed by atoms with E-state index in [0.717, 1.165) is 37.8 Å². The van der Waals surface area contributed by atoms with E-state index in [0.29, 0.717) is 25.8 Å². The zero-order valence-electron chi connectivity index (χ0n) is 15.3. The summed E-state index contributed by atoms with van der Waals surface area (Å²) in [6, 6.07) is 6.70. The summed E-state index contributed by atoms with van der Waals surface area (Å²) in [7, 11) is 0. The average molecular weight is 356 g/mol. The van der Waals surface area contributed by atoms with Gasteiger partial charge in [0.05, 0.1) is 6.42 Å². The van der Waals surface area contributed by atoms with Gasteiger partial charge >= 0.3 is 0 Å². The molecule has 2 N–H and O–H groups in total. The normalized spacial score (nSPS) is 23.0. The Labute approximate surface area is 154 Å². The molecule has 2 aliphatic carbocycles. The van der Waals surface area contributed by atoms with Gasteiger partial charge in [0.25, 0.3) is 5.91 Å². The molecular weight excluding hydrogens is 328 g/mol. The largest absolute Gasteiger partial charge is 0.380 e. The molecule has 0 unspecified atom stereocenters. The molecule has 1 heterocycles. The summed E-state index contributed by atoms with van der Waals surface area (Å²) in [6.07, 6.45) is 7.90. The summed E-state index contributed by atoms with van der Waals surface area (Å²) < 4.78 is 0. The van der Waals surface area contributed by atoms with Crippen molar-refractivity contribution >= 4 is 11.8 Å². The molecule has 0 bridgehead atoms. The molecule has 2 fully saturated rings. The highest BCUT2D eigenvalue weighted by Crippen LogP contribution is 2.35. The van der Waals surface area contributed by atoms with Gasteiger partial charge in [-0.1, -0.05) is 18.2 Å². The Hall–Kier alpha value is -1.88. The van der Waals surface area contributed by atoms with Crippen molar-refractivity contribution in [1.82, 2.24) is 10.2 Å². The predicted molar refractivity (Wildman–Crippen MR) is 98.7 cm³/mol. The minimum atomic E-state index is -1.11. The number of aryl methyl sites for hydroxylation is 2. The minimum absolute atomic E-state index is 0.192. The molecule has 4 rings (SSSR count). The lowest BCUT2D eigenvalue weighted by atomic mass is 10.0. The summed E-state index contributed by atoms with van der Waals surface area (Å²) in [6.45, 7) is 1.33. The van der Waals surface area contributed by atoms with Crippen LogP contribution in [0.3, 0.4) is 0 Å². The summed E-state index contributed by atoms with van der Waals surface area (Å²) in [5.74, 6) is -0.0656. The summed E-state index contributed by atoms with van der Waals surface area (Å²) in [5.41, 5.74) is 2.85. The molecule has 1 aromatic carbocycles. The summed E-state index contributed by atoms with van der Waals surface area (Å²) in [4.78, 5) is 26.6. The highest BCUT2D eigenvalue weighted by atomic mass is 16.3. The number of benzene rings is 1. The topological polar surface area (TPSA) is 69.6 Å².